The lowest BCUT2D eigenvalue weighted by Crippen LogP contribution is -2.27. The minimum atomic E-state index is -0.111. The molecule has 0 saturated carbocycles. The van der Waals surface area contributed by atoms with E-state index in [4.69, 9.17) is 10.5 Å². The minimum Gasteiger partial charge on any atom is -0.496 e. The van der Waals surface area contributed by atoms with Gasteiger partial charge in [-0.3, -0.25) is 4.79 Å². The molecule has 5 heteroatoms. The summed E-state index contributed by atoms with van der Waals surface area (Å²) in [5.74, 6) is 0.593. The maximum absolute atomic E-state index is 12.3. The number of amides is 1. The van der Waals surface area contributed by atoms with Gasteiger partial charge in [0.1, 0.15) is 10.6 Å². The van der Waals surface area contributed by atoms with E-state index < -0.39 is 0 Å². The van der Waals surface area contributed by atoms with Gasteiger partial charge in [-0.1, -0.05) is 26.8 Å². The molecule has 2 rings (SSSR count). The van der Waals surface area contributed by atoms with Gasteiger partial charge in [-0.05, 0) is 24.0 Å². The van der Waals surface area contributed by atoms with Crippen LogP contribution in [0.15, 0.2) is 18.2 Å². The second-order valence-corrected chi connectivity index (χ2v) is 7.30. The van der Waals surface area contributed by atoms with Gasteiger partial charge in [0.2, 0.25) is 0 Å². The molecule has 1 aromatic heterocycles. The van der Waals surface area contributed by atoms with E-state index in [2.05, 4.69) is 26.1 Å². The summed E-state index contributed by atoms with van der Waals surface area (Å²) in [6, 6.07) is 5.70. The fraction of sp³-hybridized carbons (Fsp3) is 0.438. The fourth-order valence-corrected chi connectivity index (χ4v) is 3.17. The Morgan fingerprint density at radius 2 is 2.10 bits per heavy atom. The first-order valence-corrected chi connectivity index (χ1v) is 7.78. The highest BCUT2D eigenvalue weighted by molar-refractivity contribution is 7.21. The van der Waals surface area contributed by atoms with Gasteiger partial charge < -0.3 is 15.8 Å². The molecule has 0 atom stereocenters. The van der Waals surface area contributed by atoms with Crippen LogP contribution in [-0.2, 0) is 0 Å². The number of thiophene rings is 1. The van der Waals surface area contributed by atoms with E-state index in [1.165, 1.54) is 11.3 Å². The number of nitrogen functional groups attached to an aromatic ring is 1. The lowest BCUT2D eigenvalue weighted by molar-refractivity contribution is 0.0954. The number of rotatable bonds is 4. The normalized spacial score (nSPS) is 11.6. The number of nitrogens with two attached hydrogens (primary N) is 1. The van der Waals surface area contributed by atoms with Gasteiger partial charge in [-0.25, -0.2) is 0 Å². The zero-order valence-corrected chi connectivity index (χ0v) is 13.8. The van der Waals surface area contributed by atoms with Crippen LogP contribution in [0, 0.1) is 5.41 Å². The number of carbonyl (C=O) groups excluding carboxylic acids is 1. The Labute approximate surface area is 129 Å². The van der Waals surface area contributed by atoms with Gasteiger partial charge >= 0.3 is 0 Å². The van der Waals surface area contributed by atoms with Gasteiger partial charge in [-0.15, -0.1) is 11.3 Å². The van der Waals surface area contributed by atoms with Crippen LogP contribution in [-0.4, -0.2) is 19.6 Å². The molecule has 4 nitrogen and oxygen atoms in total. The van der Waals surface area contributed by atoms with Crippen molar-refractivity contribution in [3.8, 4) is 5.75 Å². The molecule has 0 unspecified atom stereocenters. The molecule has 0 spiro atoms. The summed E-state index contributed by atoms with van der Waals surface area (Å²) in [5.41, 5.74) is 6.84. The maximum Gasteiger partial charge on any atom is 0.263 e. The topological polar surface area (TPSA) is 64.3 Å². The van der Waals surface area contributed by atoms with Crippen molar-refractivity contribution < 1.29 is 9.53 Å². The molecular formula is C16H22N2O2S. The third kappa shape index (κ3) is 3.47. The second kappa shape index (κ2) is 5.93. The molecule has 114 valence electrons. The Bertz CT molecular complexity index is 656. The largest absolute Gasteiger partial charge is 0.496 e. The van der Waals surface area contributed by atoms with Crippen molar-refractivity contribution in [2.45, 2.75) is 27.2 Å². The number of carbonyl (C=O) groups is 1. The zero-order chi connectivity index (χ0) is 15.6. The number of anilines is 1. The fourth-order valence-electron chi connectivity index (χ4n) is 2.11. The van der Waals surface area contributed by atoms with Crippen LogP contribution in [0.5, 0.6) is 5.75 Å². The Morgan fingerprint density at radius 3 is 2.71 bits per heavy atom. The quantitative estimate of drug-likeness (QED) is 0.906. The highest BCUT2D eigenvalue weighted by Gasteiger charge is 2.19. The lowest BCUT2D eigenvalue weighted by atomic mass is 9.92. The molecule has 0 aliphatic rings. The van der Waals surface area contributed by atoms with Crippen LogP contribution in [0.25, 0.3) is 10.1 Å². The van der Waals surface area contributed by atoms with E-state index in [1.54, 1.807) is 7.11 Å². The summed E-state index contributed by atoms with van der Waals surface area (Å²) in [4.78, 5) is 12.9. The summed E-state index contributed by atoms with van der Waals surface area (Å²) in [5, 5.41) is 3.77. The molecule has 0 radical (unpaired) electrons. The predicted molar refractivity (Wildman–Crippen MR) is 89.2 cm³/mol. The number of benzene rings is 1. The van der Waals surface area contributed by atoms with Crippen LogP contribution < -0.4 is 15.8 Å². The summed E-state index contributed by atoms with van der Waals surface area (Å²) >= 11 is 1.40. The zero-order valence-electron chi connectivity index (χ0n) is 12.9. The first-order chi connectivity index (χ1) is 9.83. The van der Waals surface area contributed by atoms with E-state index >= 15 is 0 Å². The van der Waals surface area contributed by atoms with Crippen LogP contribution in [0.2, 0.25) is 0 Å². The molecule has 2 aromatic rings. The number of ether oxygens (including phenoxy) is 1. The van der Waals surface area contributed by atoms with Crippen LogP contribution in [0.4, 0.5) is 5.69 Å². The van der Waals surface area contributed by atoms with E-state index in [9.17, 15) is 4.79 Å². The molecular weight excluding hydrogens is 284 g/mol. The van der Waals surface area contributed by atoms with Crippen molar-refractivity contribution in [2.24, 2.45) is 5.41 Å². The molecule has 1 aromatic carbocycles. The second-order valence-electron chi connectivity index (χ2n) is 6.24. The number of hydrogen-bond donors (Lipinski definition) is 2. The van der Waals surface area contributed by atoms with Crippen molar-refractivity contribution in [1.82, 2.24) is 5.32 Å². The minimum absolute atomic E-state index is 0.111. The summed E-state index contributed by atoms with van der Waals surface area (Å²) in [6.45, 7) is 7.10. The predicted octanol–water partition coefficient (Wildman–Crippen LogP) is 3.66. The first-order valence-electron chi connectivity index (χ1n) is 6.96. The number of methoxy groups -OCH3 is 1. The Balaban J connectivity index is 2.22. The molecule has 21 heavy (non-hydrogen) atoms. The number of hydrogen-bond acceptors (Lipinski definition) is 4. The average Bonchev–Trinajstić information content (AvgIpc) is 2.75. The number of nitrogens with one attached hydrogen (secondary N) is 1. The summed E-state index contributed by atoms with van der Waals surface area (Å²) in [6.07, 6.45) is 0.923. The number of fused-ring (bicyclic) bond motifs is 1. The highest BCUT2D eigenvalue weighted by atomic mass is 32.1. The van der Waals surface area contributed by atoms with E-state index in [0.29, 0.717) is 22.9 Å². The van der Waals surface area contributed by atoms with Crippen molar-refractivity contribution >= 4 is 33.0 Å². The average molecular weight is 306 g/mol. The Hall–Kier alpha value is -1.75. The highest BCUT2D eigenvalue weighted by Crippen LogP contribution is 2.39. The Kier molecular flexibility index (Phi) is 4.42. The maximum atomic E-state index is 12.3. The van der Waals surface area contributed by atoms with E-state index in [-0.39, 0.29) is 11.3 Å². The smallest absolute Gasteiger partial charge is 0.263 e. The summed E-state index contributed by atoms with van der Waals surface area (Å²) < 4.78 is 6.29. The van der Waals surface area contributed by atoms with Crippen molar-refractivity contribution in [2.75, 3.05) is 19.4 Å². The third-order valence-corrected chi connectivity index (χ3v) is 4.47. The van der Waals surface area contributed by atoms with E-state index in [1.807, 2.05) is 18.2 Å². The molecule has 0 bridgehead atoms. The van der Waals surface area contributed by atoms with Gasteiger partial charge in [0.05, 0.1) is 18.2 Å². The lowest BCUT2D eigenvalue weighted by Gasteiger charge is -2.17. The molecule has 3 N–H and O–H groups in total. The first kappa shape index (κ1) is 15.6. The molecule has 1 heterocycles. The Morgan fingerprint density at radius 1 is 1.38 bits per heavy atom. The molecule has 0 aliphatic heterocycles. The molecule has 0 saturated heterocycles. The standard InChI is InChI=1S/C16H22N2O2S/c1-16(2,3)8-9-18-15(19)14-13(17)12-10(20-4)6-5-7-11(12)21-14/h5-7H,8-9,17H2,1-4H3,(H,18,19). The van der Waals surface area contributed by atoms with Gasteiger partial charge in [0, 0.05) is 11.2 Å². The van der Waals surface area contributed by atoms with Crippen LogP contribution >= 0.6 is 11.3 Å². The molecule has 1 amide bonds. The van der Waals surface area contributed by atoms with Gasteiger partial charge in [-0.2, -0.15) is 0 Å². The summed E-state index contributed by atoms with van der Waals surface area (Å²) in [7, 11) is 1.61. The van der Waals surface area contributed by atoms with Crippen LogP contribution in [0.1, 0.15) is 36.9 Å². The van der Waals surface area contributed by atoms with Crippen LogP contribution in [0.3, 0.4) is 0 Å². The van der Waals surface area contributed by atoms with Gasteiger partial charge in [0.25, 0.3) is 5.91 Å². The SMILES string of the molecule is COc1cccc2sc(C(=O)NCCC(C)(C)C)c(N)c12. The molecule has 0 aliphatic carbocycles. The monoisotopic (exact) mass is 306 g/mol. The van der Waals surface area contributed by atoms with Gasteiger partial charge in [0.15, 0.2) is 0 Å². The van der Waals surface area contributed by atoms with Crippen molar-refractivity contribution in [3.63, 3.8) is 0 Å². The molecule has 0 fully saturated rings. The van der Waals surface area contributed by atoms with Crippen molar-refractivity contribution in [3.05, 3.63) is 23.1 Å². The third-order valence-electron chi connectivity index (χ3n) is 3.30. The van der Waals surface area contributed by atoms with E-state index in [0.717, 1.165) is 16.5 Å². The van der Waals surface area contributed by atoms with Crippen molar-refractivity contribution in [1.29, 1.82) is 0 Å².